The van der Waals surface area contributed by atoms with Gasteiger partial charge in [-0.1, -0.05) is 18.2 Å². The lowest BCUT2D eigenvalue weighted by atomic mass is 9.95. The van der Waals surface area contributed by atoms with Gasteiger partial charge in [0.2, 0.25) is 5.91 Å². The van der Waals surface area contributed by atoms with E-state index >= 15 is 0 Å². The maximum atomic E-state index is 12.2. The third-order valence-corrected chi connectivity index (χ3v) is 6.23. The van der Waals surface area contributed by atoms with Crippen molar-refractivity contribution in [2.45, 2.75) is 37.0 Å². The number of carbonyl (C=O) groups is 2. The van der Waals surface area contributed by atoms with Crippen molar-refractivity contribution >= 4 is 39.9 Å². The molecule has 4 nitrogen and oxygen atoms in total. The Morgan fingerprint density at radius 3 is 2.67 bits per heavy atom. The van der Waals surface area contributed by atoms with Gasteiger partial charge in [-0.3, -0.25) is 9.59 Å². The van der Waals surface area contributed by atoms with Crippen LogP contribution in [0.15, 0.2) is 35.2 Å². The van der Waals surface area contributed by atoms with Crippen LogP contribution in [0.25, 0.3) is 0 Å². The fourth-order valence-corrected chi connectivity index (χ4v) is 5.07. The van der Waals surface area contributed by atoms with Gasteiger partial charge < -0.3 is 11.1 Å². The average Bonchev–Trinajstić information content (AvgIpc) is 2.93. The Kier molecular flexibility index (Phi) is 5.58. The standard InChI is InChI=1S/C18H20N2O2S2/c19-17(22)16-13-8-4-5-9-14(13)24-18(16)20-15(21)10-11-23-12-6-2-1-3-7-12/h1-3,6-7H,4-5,8-11H2,(H2,19,22)(H,20,21). The van der Waals surface area contributed by atoms with E-state index in [4.69, 9.17) is 5.73 Å². The van der Waals surface area contributed by atoms with Crippen LogP contribution in [0.3, 0.4) is 0 Å². The Morgan fingerprint density at radius 2 is 1.92 bits per heavy atom. The summed E-state index contributed by atoms with van der Waals surface area (Å²) in [4.78, 5) is 26.4. The van der Waals surface area contributed by atoms with Crippen LogP contribution in [-0.4, -0.2) is 17.6 Å². The summed E-state index contributed by atoms with van der Waals surface area (Å²) in [5, 5.41) is 3.53. The molecule has 0 unspecified atom stereocenters. The molecule has 1 aliphatic rings. The lowest BCUT2D eigenvalue weighted by molar-refractivity contribution is -0.115. The molecule has 0 fully saturated rings. The van der Waals surface area contributed by atoms with Gasteiger partial charge in [0.1, 0.15) is 5.00 Å². The van der Waals surface area contributed by atoms with E-state index in [0.717, 1.165) is 36.1 Å². The van der Waals surface area contributed by atoms with Crippen molar-refractivity contribution in [1.29, 1.82) is 0 Å². The molecule has 0 radical (unpaired) electrons. The van der Waals surface area contributed by atoms with E-state index in [1.54, 1.807) is 11.8 Å². The number of thioether (sulfide) groups is 1. The smallest absolute Gasteiger partial charge is 0.251 e. The molecule has 2 aromatic rings. The monoisotopic (exact) mass is 360 g/mol. The van der Waals surface area contributed by atoms with Gasteiger partial charge in [-0.2, -0.15) is 0 Å². The number of carbonyl (C=O) groups excluding carboxylic acids is 2. The van der Waals surface area contributed by atoms with Gasteiger partial charge in [-0.15, -0.1) is 23.1 Å². The molecule has 0 saturated carbocycles. The van der Waals surface area contributed by atoms with Crippen molar-refractivity contribution in [2.24, 2.45) is 5.73 Å². The number of fused-ring (bicyclic) bond motifs is 1. The molecule has 0 aliphatic heterocycles. The number of benzene rings is 1. The van der Waals surface area contributed by atoms with Gasteiger partial charge in [-0.25, -0.2) is 0 Å². The zero-order valence-electron chi connectivity index (χ0n) is 13.3. The number of thiophene rings is 1. The normalized spacial score (nSPS) is 13.3. The number of nitrogens with one attached hydrogen (secondary N) is 1. The molecule has 6 heteroatoms. The number of hydrogen-bond acceptors (Lipinski definition) is 4. The first kappa shape index (κ1) is 17.0. The predicted octanol–water partition coefficient (Wildman–Crippen LogP) is 3.85. The first-order valence-corrected chi connectivity index (χ1v) is 9.87. The van der Waals surface area contributed by atoms with E-state index in [-0.39, 0.29) is 5.91 Å². The lowest BCUT2D eigenvalue weighted by Crippen LogP contribution is -2.18. The largest absolute Gasteiger partial charge is 0.365 e. The molecule has 0 bridgehead atoms. The molecular weight excluding hydrogens is 340 g/mol. The van der Waals surface area contributed by atoms with Crippen molar-refractivity contribution in [3.8, 4) is 0 Å². The van der Waals surface area contributed by atoms with Crippen LogP contribution in [0.5, 0.6) is 0 Å². The second-order valence-electron chi connectivity index (χ2n) is 5.74. The second-order valence-corrected chi connectivity index (χ2v) is 8.01. The molecule has 1 heterocycles. The molecule has 3 N–H and O–H groups in total. The molecule has 0 atom stereocenters. The van der Waals surface area contributed by atoms with Crippen molar-refractivity contribution < 1.29 is 9.59 Å². The summed E-state index contributed by atoms with van der Waals surface area (Å²) in [6, 6.07) is 10.00. The van der Waals surface area contributed by atoms with E-state index < -0.39 is 5.91 Å². The molecule has 1 aliphatic carbocycles. The van der Waals surface area contributed by atoms with Crippen LogP contribution >= 0.6 is 23.1 Å². The van der Waals surface area contributed by atoms with Crippen LogP contribution < -0.4 is 11.1 Å². The molecule has 2 amide bonds. The number of anilines is 1. The highest BCUT2D eigenvalue weighted by Crippen LogP contribution is 2.38. The van der Waals surface area contributed by atoms with Crippen LogP contribution in [0.2, 0.25) is 0 Å². The Morgan fingerprint density at radius 1 is 1.17 bits per heavy atom. The third kappa shape index (κ3) is 3.99. The summed E-state index contributed by atoms with van der Waals surface area (Å²) in [7, 11) is 0. The van der Waals surface area contributed by atoms with Crippen molar-refractivity contribution in [3.05, 3.63) is 46.3 Å². The zero-order chi connectivity index (χ0) is 16.9. The minimum atomic E-state index is -0.441. The number of primary amides is 1. The molecule has 126 valence electrons. The maximum Gasteiger partial charge on any atom is 0.251 e. The van der Waals surface area contributed by atoms with Crippen LogP contribution in [0.4, 0.5) is 5.00 Å². The fraction of sp³-hybridized carbons (Fsp3) is 0.333. The summed E-state index contributed by atoms with van der Waals surface area (Å²) < 4.78 is 0. The highest BCUT2D eigenvalue weighted by atomic mass is 32.2. The van der Waals surface area contributed by atoms with E-state index in [9.17, 15) is 9.59 Å². The average molecular weight is 361 g/mol. The predicted molar refractivity (Wildman–Crippen MR) is 99.9 cm³/mol. The second kappa shape index (κ2) is 7.85. The van der Waals surface area contributed by atoms with Crippen molar-refractivity contribution in [3.63, 3.8) is 0 Å². The summed E-state index contributed by atoms with van der Waals surface area (Å²) in [5.74, 6) is 0.190. The Bertz CT molecular complexity index is 741. The topological polar surface area (TPSA) is 72.2 Å². The van der Waals surface area contributed by atoms with Gasteiger partial charge in [0.05, 0.1) is 5.56 Å². The molecular formula is C18H20N2O2S2. The number of aryl methyl sites for hydroxylation is 1. The third-order valence-electron chi connectivity index (χ3n) is 4.01. The van der Waals surface area contributed by atoms with E-state index in [2.05, 4.69) is 5.32 Å². The molecule has 24 heavy (non-hydrogen) atoms. The fourth-order valence-electron chi connectivity index (χ4n) is 2.88. The number of hydrogen-bond donors (Lipinski definition) is 2. The lowest BCUT2D eigenvalue weighted by Gasteiger charge is -2.11. The molecule has 0 spiro atoms. The van der Waals surface area contributed by atoms with Crippen LogP contribution in [-0.2, 0) is 17.6 Å². The Labute approximate surface area is 149 Å². The molecule has 1 aromatic carbocycles. The van der Waals surface area contributed by atoms with Crippen molar-refractivity contribution in [1.82, 2.24) is 0 Å². The van der Waals surface area contributed by atoms with Crippen molar-refractivity contribution in [2.75, 3.05) is 11.1 Å². The van der Waals surface area contributed by atoms with Gasteiger partial charge >= 0.3 is 0 Å². The SMILES string of the molecule is NC(=O)c1c(NC(=O)CCSc2ccccc2)sc2c1CCCC2. The van der Waals surface area contributed by atoms with E-state index in [1.165, 1.54) is 16.2 Å². The highest BCUT2D eigenvalue weighted by molar-refractivity contribution is 7.99. The zero-order valence-corrected chi connectivity index (χ0v) is 15.0. The summed E-state index contributed by atoms with van der Waals surface area (Å²) in [6.45, 7) is 0. The first-order valence-electron chi connectivity index (χ1n) is 8.07. The summed E-state index contributed by atoms with van der Waals surface area (Å²) >= 11 is 3.16. The highest BCUT2D eigenvalue weighted by Gasteiger charge is 2.24. The summed E-state index contributed by atoms with van der Waals surface area (Å²) in [6.07, 6.45) is 4.46. The summed E-state index contributed by atoms with van der Waals surface area (Å²) in [5.41, 5.74) is 7.12. The van der Waals surface area contributed by atoms with Gasteiger partial charge in [0.25, 0.3) is 5.91 Å². The molecule has 0 saturated heterocycles. The van der Waals surface area contributed by atoms with Crippen LogP contribution in [0, 0.1) is 0 Å². The number of rotatable bonds is 6. The Balaban J connectivity index is 1.62. The van der Waals surface area contributed by atoms with Gasteiger partial charge in [-0.05, 0) is 43.4 Å². The van der Waals surface area contributed by atoms with Gasteiger partial charge in [0.15, 0.2) is 0 Å². The van der Waals surface area contributed by atoms with Gasteiger partial charge in [0, 0.05) is 21.9 Å². The minimum Gasteiger partial charge on any atom is -0.365 e. The number of amides is 2. The minimum absolute atomic E-state index is 0.0699. The quantitative estimate of drug-likeness (QED) is 0.769. The Hall–Kier alpha value is -1.79. The maximum absolute atomic E-state index is 12.2. The number of nitrogens with two attached hydrogens (primary N) is 1. The van der Waals surface area contributed by atoms with E-state index in [1.807, 2.05) is 30.3 Å². The van der Waals surface area contributed by atoms with E-state index in [0.29, 0.717) is 22.7 Å². The molecule has 3 rings (SSSR count). The van der Waals surface area contributed by atoms with Crippen LogP contribution in [0.1, 0.15) is 40.1 Å². The molecule has 1 aromatic heterocycles. The first-order chi connectivity index (χ1) is 11.6.